The van der Waals surface area contributed by atoms with Crippen molar-refractivity contribution in [3.05, 3.63) is 35.9 Å². The zero-order valence-corrected chi connectivity index (χ0v) is 15.0. The number of amides is 1. The average molecular weight is 361 g/mol. The van der Waals surface area contributed by atoms with Crippen LogP contribution in [0.15, 0.2) is 30.3 Å². The van der Waals surface area contributed by atoms with Gasteiger partial charge in [0.15, 0.2) is 0 Å². The van der Waals surface area contributed by atoms with E-state index in [1.54, 1.807) is 0 Å². The SMILES string of the molecule is O=C(C1NNCC1Cl)N1C[C@H](c2ccccc2)[C@H]2[C@@H]1C1CCN2CC1. The number of piperidine rings is 3. The number of alkyl halides is 1. The number of rotatable bonds is 2. The first-order chi connectivity index (χ1) is 12.2. The first-order valence-corrected chi connectivity index (χ1v) is 9.89. The molecule has 0 aromatic heterocycles. The first kappa shape index (κ1) is 16.1. The lowest BCUT2D eigenvalue weighted by atomic mass is 9.75. The Morgan fingerprint density at radius 2 is 1.88 bits per heavy atom. The van der Waals surface area contributed by atoms with Gasteiger partial charge in [-0.3, -0.25) is 15.1 Å². The van der Waals surface area contributed by atoms with Crippen LogP contribution in [0.1, 0.15) is 24.3 Å². The van der Waals surface area contributed by atoms with Crippen molar-refractivity contribution in [2.75, 3.05) is 26.2 Å². The van der Waals surface area contributed by atoms with E-state index in [1.165, 1.54) is 31.5 Å². The smallest absolute Gasteiger partial charge is 0.242 e. The lowest BCUT2D eigenvalue weighted by Crippen LogP contribution is -2.62. The highest BCUT2D eigenvalue weighted by molar-refractivity contribution is 6.23. The second-order valence-electron chi connectivity index (χ2n) is 7.88. The molecule has 0 spiro atoms. The zero-order valence-electron chi connectivity index (χ0n) is 14.3. The third kappa shape index (κ3) is 2.52. The number of likely N-dealkylation sites (tertiary alicyclic amines) is 1. The van der Waals surface area contributed by atoms with Crippen LogP contribution in [0.3, 0.4) is 0 Å². The Morgan fingerprint density at radius 3 is 2.56 bits per heavy atom. The van der Waals surface area contributed by atoms with Crippen LogP contribution < -0.4 is 10.9 Å². The van der Waals surface area contributed by atoms with Crippen LogP contribution in [0.2, 0.25) is 0 Å². The van der Waals surface area contributed by atoms with Gasteiger partial charge in [0, 0.05) is 25.0 Å². The monoisotopic (exact) mass is 360 g/mol. The molecule has 5 fully saturated rings. The lowest BCUT2D eigenvalue weighted by Gasteiger charge is -2.51. The van der Waals surface area contributed by atoms with Crippen molar-refractivity contribution in [1.82, 2.24) is 20.7 Å². The Hall–Kier alpha value is -1.14. The molecular weight excluding hydrogens is 336 g/mol. The summed E-state index contributed by atoms with van der Waals surface area (Å²) >= 11 is 6.38. The van der Waals surface area contributed by atoms with Gasteiger partial charge in [-0.1, -0.05) is 30.3 Å². The molecule has 2 N–H and O–H groups in total. The number of nitrogens with zero attached hydrogens (tertiary/aromatic N) is 2. The van der Waals surface area contributed by atoms with Gasteiger partial charge >= 0.3 is 0 Å². The highest BCUT2D eigenvalue weighted by Gasteiger charge is 2.55. The molecule has 0 saturated carbocycles. The molecule has 134 valence electrons. The number of halogens is 1. The summed E-state index contributed by atoms with van der Waals surface area (Å²) in [5, 5.41) is -0.178. The van der Waals surface area contributed by atoms with E-state index >= 15 is 0 Å². The van der Waals surface area contributed by atoms with Crippen molar-refractivity contribution < 1.29 is 4.79 Å². The number of fused-ring (bicyclic) bond motifs is 2. The molecule has 6 heteroatoms. The van der Waals surface area contributed by atoms with Crippen LogP contribution in [0, 0.1) is 5.92 Å². The van der Waals surface area contributed by atoms with Gasteiger partial charge in [-0.25, -0.2) is 5.43 Å². The minimum atomic E-state index is -0.313. The van der Waals surface area contributed by atoms with Gasteiger partial charge in [-0.05, 0) is 37.4 Å². The molecule has 5 nitrogen and oxygen atoms in total. The molecule has 5 atom stereocenters. The van der Waals surface area contributed by atoms with E-state index < -0.39 is 0 Å². The van der Waals surface area contributed by atoms with Crippen LogP contribution in [-0.2, 0) is 4.79 Å². The second-order valence-corrected chi connectivity index (χ2v) is 8.44. The van der Waals surface area contributed by atoms with E-state index in [0.717, 1.165) is 6.54 Å². The van der Waals surface area contributed by atoms with Crippen LogP contribution in [0.25, 0.3) is 0 Å². The van der Waals surface area contributed by atoms with E-state index in [1.807, 2.05) is 0 Å². The lowest BCUT2D eigenvalue weighted by molar-refractivity contribution is -0.137. The summed E-state index contributed by atoms with van der Waals surface area (Å²) < 4.78 is 0. The molecule has 5 aliphatic heterocycles. The summed E-state index contributed by atoms with van der Waals surface area (Å²) in [4.78, 5) is 18.1. The van der Waals surface area contributed by atoms with E-state index in [9.17, 15) is 4.79 Å². The Bertz CT molecular complexity index is 648. The minimum absolute atomic E-state index is 0.173. The molecule has 1 amide bonds. The maximum absolute atomic E-state index is 13.3. The zero-order chi connectivity index (χ0) is 17.0. The van der Waals surface area contributed by atoms with Crippen LogP contribution in [0.5, 0.6) is 0 Å². The number of hydrogen-bond donors (Lipinski definition) is 2. The number of benzene rings is 1. The van der Waals surface area contributed by atoms with E-state index in [2.05, 4.69) is 51.0 Å². The number of hydrogen-bond acceptors (Lipinski definition) is 4. The predicted molar refractivity (Wildman–Crippen MR) is 97.3 cm³/mol. The van der Waals surface area contributed by atoms with E-state index in [4.69, 9.17) is 11.6 Å². The van der Waals surface area contributed by atoms with Crippen LogP contribution in [-0.4, -0.2) is 65.4 Å². The normalized spacial score (nSPS) is 42.6. The molecule has 5 aliphatic rings. The quantitative estimate of drug-likeness (QED) is 0.777. The summed E-state index contributed by atoms with van der Waals surface area (Å²) in [6.07, 6.45) is 2.43. The van der Waals surface area contributed by atoms with Crippen LogP contribution in [0.4, 0.5) is 0 Å². The van der Waals surface area contributed by atoms with Crippen molar-refractivity contribution in [2.24, 2.45) is 5.92 Å². The third-order valence-electron chi connectivity index (χ3n) is 6.69. The number of nitrogens with one attached hydrogen (secondary N) is 2. The molecule has 2 bridgehead atoms. The van der Waals surface area contributed by atoms with Crippen LogP contribution >= 0.6 is 11.6 Å². The Kier molecular flexibility index (Phi) is 4.01. The molecule has 5 heterocycles. The predicted octanol–water partition coefficient (Wildman–Crippen LogP) is 1.16. The van der Waals surface area contributed by atoms with Crippen molar-refractivity contribution in [1.29, 1.82) is 0 Å². The van der Waals surface area contributed by atoms with Gasteiger partial charge in [0.25, 0.3) is 0 Å². The van der Waals surface area contributed by atoms with Crippen molar-refractivity contribution >= 4 is 17.5 Å². The summed E-state index contributed by atoms with van der Waals surface area (Å²) in [6, 6.07) is 11.2. The number of carbonyl (C=O) groups is 1. The largest absolute Gasteiger partial charge is 0.336 e. The van der Waals surface area contributed by atoms with Crippen molar-refractivity contribution in [3.63, 3.8) is 0 Å². The van der Waals surface area contributed by atoms with Gasteiger partial charge in [0.1, 0.15) is 6.04 Å². The molecule has 2 unspecified atom stereocenters. The highest BCUT2D eigenvalue weighted by atomic mass is 35.5. The average Bonchev–Trinajstić information content (AvgIpc) is 3.28. The van der Waals surface area contributed by atoms with E-state index in [-0.39, 0.29) is 17.3 Å². The highest BCUT2D eigenvalue weighted by Crippen LogP contribution is 2.46. The molecule has 1 aromatic carbocycles. The van der Waals surface area contributed by atoms with Gasteiger partial charge < -0.3 is 4.90 Å². The molecule has 5 saturated heterocycles. The fourth-order valence-electron chi connectivity index (χ4n) is 5.54. The standard InChI is InChI=1S/C19H25ClN4O/c20-15-10-21-22-16(15)19(25)24-11-14(12-4-2-1-3-5-12)18-17(24)13-6-8-23(18)9-7-13/h1-5,13-18,21-22H,6-11H2/t14-,15?,16?,17+,18+/m1/s1. The molecule has 25 heavy (non-hydrogen) atoms. The number of hydrazine groups is 1. The molecule has 0 aliphatic carbocycles. The molecule has 0 radical (unpaired) electrons. The fourth-order valence-corrected chi connectivity index (χ4v) is 5.78. The second kappa shape index (κ2) is 6.23. The Balaban J connectivity index is 1.49. The topological polar surface area (TPSA) is 47.6 Å². The van der Waals surface area contributed by atoms with Crippen molar-refractivity contribution in [3.8, 4) is 0 Å². The summed E-state index contributed by atoms with van der Waals surface area (Å²) in [7, 11) is 0. The Morgan fingerprint density at radius 1 is 1.12 bits per heavy atom. The van der Waals surface area contributed by atoms with Gasteiger partial charge in [-0.15, -0.1) is 11.6 Å². The number of carbonyl (C=O) groups excluding carboxylic acids is 1. The summed E-state index contributed by atoms with van der Waals surface area (Å²) in [6.45, 7) is 3.81. The van der Waals surface area contributed by atoms with E-state index in [0.29, 0.717) is 30.5 Å². The minimum Gasteiger partial charge on any atom is -0.336 e. The molecular formula is C19H25ClN4O. The fraction of sp³-hybridized carbons (Fsp3) is 0.632. The molecule has 6 rings (SSSR count). The van der Waals surface area contributed by atoms with Gasteiger partial charge in [0.05, 0.1) is 11.4 Å². The van der Waals surface area contributed by atoms with Gasteiger partial charge in [-0.2, -0.15) is 0 Å². The third-order valence-corrected chi connectivity index (χ3v) is 7.09. The maximum Gasteiger partial charge on any atom is 0.242 e. The Labute approximate surface area is 153 Å². The van der Waals surface area contributed by atoms with Crippen molar-refractivity contribution in [2.45, 2.75) is 42.3 Å². The van der Waals surface area contributed by atoms with Gasteiger partial charge in [0.2, 0.25) is 5.91 Å². The summed E-state index contributed by atoms with van der Waals surface area (Å²) in [5.41, 5.74) is 7.49. The first-order valence-electron chi connectivity index (χ1n) is 9.46. The summed E-state index contributed by atoms with van der Waals surface area (Å²) in [5.74, 6) is 1.21. The maximum atomic E-state index is 13.3. The molecule has 1 aromatic rings.